The number of ether oxygens (including phenoxy) is 1. The van der Waals surface area contributed by atoms with Gasteiger partial charge >= 0.3 is 0 Å². The van der Waals surface area contributed by atoms with Gasteiger partial charge in [-0.05, 0) is 42.8 Å². The molecule has 2 aliphatic rings. The molecule has 1 saturated heterocycles. The summed E-state index contributed by atoms with van der Waals surface area (Å²) in [6.07, 6.45) is -0.0559. The lowest BCUT2D eigenvalue weighted by Crippen LogP contribution is -2.50. The van der Waals surface area contributed by atoms with Crippen molar-refractivity contribution in [1.29, 1.82) is 0 Å². The predicted octanol–water partition coefficient (Wildman–Crippen LogP) is 2.71. The number of hydrogen-bond donors (Lipinski definition) is 1. The zero-order valence-electron chi connectivity index (χ0n) is 16.9. The second kappa shape index (κ2) is 8.60. The lowest BCUT2D eigenvalue weighted by atomic mass is 10.2. The van der Waals surface area contributed by atoms with Crippen molar-refractivity contribution in [3.63, 3.8) is 0 Å². The Balaban J connectivity index is 1.47. The number of hydrogen-bond acceptors (Lipinski definition) is 5. The van der Waals surface area contributed by atoms with Gasteiger partial charge in [0.15, 0.2) is 6.10 Å². The first kappa shape index (κ1) is 21.8. The fraction of sp³-hybridized carbons (Fsp3) is 0.333. The number of halogens is 1. The number of amides is 2. The van der Waals surface area contributed by atoms with Gasteiger partial charge in [0.25, 0.3) is 11.8 Å². The van der Waals surface area contributed by atoms with Gasteiger partial charge in [0, 0.05) is 36.2 Å². The number of sulfonamides is 1. The Kier molecular flexibility index (Phi) is 6.05. The van der Waals surface area contributed by atoms with E-state index in [1.807, 2.05) is 13.0 Å². The quantitative estimate of drug-likeness (QED) is 0.686. The van der Waals surface area contributed by atoms with Crippen LogP contribution in [0.25, 0.3) is 0 Å². The van der Waals surface area contributed by atoms with E-state index in [1.165, 1.54) is 16.4 Å². The molecule has 2 aromatic rings. The van der Waals surface area contributed by atoms with Crippen LogP contribution in [0.2, 0.25) is 0 Å². The first-order chi connectivity index (χ1) is 14.8. The lowest BCUT2D eigenvalue weighted by Gasteiger charge is -2.34. The highest BCUT2D eigenvalue weighted by Crippen LogP contribution is 2.33. The van der Waals surface area contributed by atoms with E-state index < -0.39 is 16.1 Å². The fourth-order valence-electron chi connectivity index (χ4n) is 3.64. The van der Waals surface area contributed by atoms with E-state index in [2.05, 4.69) is 21.2 Å². The number of carbonyl (C=O) groups is 2. The van der Waals surface area contributed by atoms with Crippen molar-refractivity contribution >= 4 is 43.5 Å². The van der Waals surface area contributed by atoms with E-state index in [-0.39, 0.29) is 29.8 Å². The molecule has 31 heavy (non-hydrogen) atoms. The SMILES string of the molecule is CC[C@H]1Oc2ccc(S(=O)(=O)N3CCN(C(=O)c4cccc(Br)c4)CC3)cc2NC1=O. The van der Waals surface area contributed by atoms with Crippen LogP contribution < -0.4 is 10.1 Å². The minimum atomic E-state index is -3.77. The van der Waals surface area contributed by atoms with Gasteiger partial charge < -0.3 is 15.0 Å². The molecule has 10 heteroatoms. The maximum Gasteiger partial charge on any atom is 0.265 e. The Morgan fingerprint density at radius 1 is 1.16 bits per heavy atom. The zero-order chi connectivity index (χ0) is 22.2. The summed E-state index contributed by atoms with van der Waals surface area (Å²) in [5.41, 5.74) is 0.903. The van der Waals surface area contributed by atoms with Crippen LogP contribution in [0.15, 0.2) is 51.8 Å². The zero-order valence-corrected chi connectivity index (χ0v) is 19.3. The number of anilines is 1. The summed E-state index contributed by atoms with van der Waals surface area (Å²) in [4.78, 5) is 26.5. The molecule has 0 radical (unpaired) electrons. The van der Waals surface area contributed by atoms with E-state index >= 15 is 0 Å². The van der Waals surface area contributed by atoms with Crippen molar-refractivity contribution in [2.24, 2.45) is 0 Å². The molecule has 0 bridgehead atoms. The van der Waals surface area contributed by atoms with Crippen molar-refractivity contribution in [2.45, 2.75) is 24.3 Å². The molecule has 2 aromatic carbocycles. The van der Waals surface area contributed by atoms with E-state index in [0.717, 1.165) is 4.47 Å². The number of nitrogens with zero attached hydrogens (tertiary/aromatic N) is 2. The third-order valence-corrected chi connectivity index (χ3v) is 7.76. The third-order valence-electron chi connectivity index (χ3n) is 5.38. The van der Waals surface area contributed by atoms with Crippen LogP contribution in [0, 0.1) is 0 Å². The topological polar surface area (TPSA) is 96.0 Å². The maximum atomic E-state index is 13.1. The molecular weight excluding hydrogens is 486 g/mol. The van der Waals surface area contributed by atoms with Crippen molar-refractivity contribution in [2.75, 3.05) is 31.5 Å². The number of rotatable bonds is 4. The molecule has 1 N–H and O–H groups in total. The molecule has 2 amide bonds. The van der Waals surface area contributed by atoms with Crippen molar-refractivity contribution in [3.8, 4) is 5.75 Å². The number of carbonyl (C=O) groups excluding carboxylic acids is 2. The Labute approximate surface area is 189 Å². The first-order valence-electron chi connectivity index (χ1n) is 9.96. The molecule has 1 fully saturated rings. The molecule has 0 aliphatic carbocycles. The minimum absolute atomic E-state index is 0.0804. The van der Waals surface area contributed by atoms with Gasteiger partial charge in [0.2, 0.25) is 10.0 Å². The Morgan fingerprint density at radius 2 is 1.90 bits per heavy atom. The second-order valence-electron chi connectivity index (χ2n) is 7.37. The van der Waals surface area contributed by atoms with Gasteiger partial charge in [-0.2, -0.15) is 4.31 Å². The van der Waals surface area contributed by atoms with Gasteiger partial charge in [0.05, 0.1) is 10.6 Å². The van der Waals surface area contributed by atoms with E-state index in [4.69, 9.17) is 4.74 Å². The lowest BCUT2D eigenvalue weighted by molar-refractivity contribution is -0.123. The van der Waals surface area contributed by atoms with Gasteiger partial charge in [-0.15, -0.1) is 0 Å². The number of piperazine rings is 1. The third kappa shape index (κ3) is 4.32. The average Bonchev–Trinajstić information content (AvgIpc) is 2.77. The van der Waals surface area contributed by atoms with Crippen LogP contribution in [0.1, 0.15) is 23.7 Å². The van der Waals surface area contributed by atoms with Gasteiger partial charge in [-0.25, -0.2) is 8.42 Å². The monoisotopic (exact) mass is 507 g/mol. The van der Waals surface area contributed by atoms with E-state index in [9.17, 15) is 18.0 Å². The summed E-state index contributed by atoms with van der Waals surface area (Å²) in [5, 5.41) is 2.72. The van der Waals surface area contributed by atoms with E-state index in [1.54, 1.807) is 29.2 Å². The summed E-state index contributed by atoms with van der Waals surface area (Å²) in [5.74, 6) is 0.0385. The van der Waals surface area contributed by atoms with Crippen LogP contribution in [0.5, 0.6) is 5.75 Å². The van der Waals surface area contributed by atoms with Crippen LogP contribution in [-0.4, -0.2) is 61.7 Å². The molecule has 0 saturated carbocycles. The average molecular weight is 508 g/mol. The highest BCUT2D eigenvalue weighted by molar-refractivity contribution is 9.10. The van der Waals surface area contributed by atoms with Crippen molar-refractivity contribution in [1.82, 2.24) is 9.21 Å². The molecule has 164 valence electrons. The van der Waals surface area contributed by atoms with Crippen LogP contribution in [0.3, 0.4) is 0 Å². The first-order valence-corrected chi connectivity index (χ1v) is 12.2. The maximum absolute atomic E-state index is 13.1. The summed E-state index contributed by atoms with van der Waals surface area (Å²) in [7, 11) is -3.77. The van der Waals surface area contributed by atoms with Crippen LogP contribution in [0.4, 0.5) is 5.69 Å². The predicted molar refractivity (Wildman–Crippen MR) is 119 cm³/mol. The molecule has 8 nitrogen and oxygen atoms in total. The highest BCUT2D eigenvalue weighted by Gasteiger charge is 2.32. The molecule has 0 spiro atoms. The highest BCUT2D eigenvalue weighted by atomic mass is 79.9. The molecule has 0 aromatic heterocycles. The van der Waals surface area contributed by atoms with Gasteiger partial charge in [-0.1, -0.05) is 28.9 Å². The van der Waals surface area contributed by atoms with Gasteiger partial charge in [-0.3, -0.25) is 9.59 Å². The molecule has 2 aliphatic heterocycles. The van der Waals surface area contributed by atoms with E-state index in [0.29, 0.717) is 36.5 Å². The smallest absolute Gasteiger partial charge is 0.265 e. The number of benzene rings is 2. The largest absolute Gasteiger partial charge is 0.478 e. The van der Waals surface area contributed by atoms with Crippen LogP contribution in [-0.2, 0) is 14.8 Å². The molecule has 2 heterocycles. The van der Waals surface area contributed by atoms with Gasteiger partial charge in [0.1, 0.15) is 5.75 Å². The molecule has 0 unspecified atom stereocenters. The summed E-state index contributed by atoms with van der Waals surface area (Å²) in [6, 6.07) is 11.6. The number of fused-ring (bicyclic) bond motifs is 1. The standard InChI is InChI=1S/C21H22BrN3O5S/c1-2-18-20(26)23-17-13-16(6-7-19(17)30-18)31(28,29)25-10-8-24(9-11-25)21(27)14-4-3-5-15(22)12-14/h3-7,12-13,18H,2,8-11H2,1H3,(H,23,26)/t18-/m1/s1. The van der Waals surface area contributed by atoms with Crippen molar-refractivity contribution in [3.05, 3.63) is 52.5 Å². The molecule has 4 rings (SSSR count). The van der Waals surface area contributed by atoms with Crippen LogP contribution >= 0.6 is 15.9 Å². The Morgan fingerprint density at radius 3 is 2.58 bits per heavy atom. The normalized spacial score (nSPS) is 19.4. The minimum Gasteiger partial charge on any atom is -0.478 e. The summed E-state index contributed by atoms with van der Waals surface area (Å²) in [6.45, 7) is 2.83. The summed E-state index contributed by atoms with van der Waals surface area (Å²) >= 11 is 3.36. The fourth-order valence-corrected chi connectivity index (χ4v) is 5.49. The Hall–Kier alpha value is -2.43. The van der Waals surface area contributed by atoms with Crippen molar-refractivity contribution < 1.29 is 22.7 Å². The number of nitrogens with one attached hydrogen (secondary N) is 1. The summed E-state index contributed by atoms with van der Waals surface area (Å²) < 4.78 is 34.1. The Bertz CT molecular complexity index is 1130. The second-order valence-corrected chi connectivity index (χ2v) is 10.2. The molecule has 1 atom stereocenters. The molecular formula is C21H22BrN3O5S.